The van der Waals surface area contributed by atoms with Gasteiger partial charge in [-0.05, 0) is 31.9 Å². The van der Waals surface area contributed by atoms with Crippen molar-refractivity contribution in [3.05, 3.63) is 65.2 Å². The van der Waals surface area contributed by atoms with Gasteiger partial charge in [-0.2, -0.15) is 5.10 Å². The van der Waals surface area contributed by atoms with Crippen molar-refractivity contribution in [2.45, 2.75) is 33.6 Å². The highest BCUT2D eigenvalue weighted by Gasteiger charge is 2.19. The molecule has 0 unspecified atom stereocenters. The van der Waals surface area contributed by atoms with E-state index in [0.29, 0.717) is 0 Å². The number of para-hydroxylation sites is 1. The van der Waals surface area contributed by atoms with Crippen LogP contribution in [0.25, 0.3) is 16.9 Å². The molecule has 3 nitrogen and oxygen atoms in total. The van der Waals surface area contributed by atoms with E-state index >= 15 is 0 Å². The molecule has 3 rings (SSSR count). The molecule has 23 heavy (non-hydrogen) atoms. The van der Waals surface area contributed by atoms with Crippen molar-refractivity contribution in [2.24, 2.45) is 0 Å². The van der Waals surface area contributed by atoms with Crippen LogP contribution in [0.5, 0.6) is 5.88 Å². The van der Waals surface area contributed by atoms with Gasteiger partial charge in [0.15, 0.2) is 0 Å². The molecule has 0 aliphatic rings. The van der Waals surface area contributed by atoms with Crippen molar-refractivity contribution in [1.82, 2.24) is 9.78 Å². The molecule has 3 aromatic rings. The Labute approximate surface area is 137 Å². The van der Waals surface area contributed by atoms with Crippen LogP contribution in [0.15, 0.2) is 48.5 Å². The molecule has 0 fully saturated rings. The fraction of sp³-hybridized carbons (Fsp3) is 0.250. The van der Waals surface area contributed by atoms with Gasteiger partial charge in [0, 0.05) is 11.1 Å². The smallest absolute Gasteiger partial charge is 0.218 e. The van der Waals surface area contributed by atoms with Crippen LogP contribution < -0.4 is 0 Å². The molecule has 1 aromatic heterocycles. The lowest BCUT2D eigenvalue weighted by atomic mass is 10.0. The van der Waals surface area contributed by atoms with Crippen molar-refractivity contribution in [3.63, 3.8) is 0 Å². The Morgan fingerprint density at radius 3 is 2.35 bits per heavy atom. The highest BCUT2D eigenvalue weighted by Crippen LogP contribution is 2.33. The summed E-state index contributed by atoms with van der Waals surface area (Å²) in [7, 11) is 0. The predicted molar refractivity (Wildman–Crippen MR) is 94.1 cm³/mol. The molecule has 0 saturated heterocycles. The van der Waals surface area contributed by atoms with E-state index in [4.69, 9.17) is 5.10 Å². The normalized spacial score (nSPS) is 10.9. The van der Waals surface area contributed by atoms with Gasteiger partial charge in [-0.1, -0.05) is 61.4 Å². The third-order valence-corrected chi connectivity index (χ3v) is 4.13. The first kappa shape index (κ1) is 15.3. The van der Waals surface area contributed by atoms with E-state index in [2.05, 4.69) is 38.1 Å². The van der Waals surface area contributed by atoms with Crippen LogP contribution in [0.2, 0.25) is 0 Å². The predicted octanol–water partition coefficient (Wildman–Crippen LogP) is 4.81. The Morgan fingerprint density at radius 1 is 1.00 bits per heavy atom. The molecule has 0 amide bonds. The second kappa shape index (κ2) is 6.29. The maximum absolute atomic E-state index is 10.7. The number of nitrogens with zero attached hydrogens (tertiary/aromatic N) is 2. The third-order valence-electron chi connectivity index (χ3n) is 4.13. The van der Waals surface area contributed by atoms with Gasteiger partial charge in [0.25, 0.3) is 0 Å². The summed E-state index contributed by atoms with van der Waals surface area (Å²) in [6.07, 6.45) is 1.77. The number of aromatic nitrogens is 2. The summed E-state index contributed by atoms with van der Waals surface area (Å²) in [4.78, 5) is 0. The van der Waals surface area contributed by atoms with E-state index in [1.54, 1.807) is 4.68 Å². The molecule has 1 N–H and O–H groups in total. The summed E-state index contributed by atoms with van der Waals surface area (Å²) in [6.45, 7) is 6.21. The molecule has 0 radical (unpaired) electrons. The SMILES string of the molecule is CCCc1c(-c2ccc(C)cc2)nn(-c2ccccc2C)c1O. The molecule has 0 spiro atoms. The van der Waals surface area contributed by atoms with Crippen LogP contribution in [0.1, 0.15) is 30.0 Å². The van der Waals surface area contributed by atoms with Gasteiger partial charge in [0.1, 0.15) is 0 Å². The standard InChI is InChI=1S/C20H22N2O/c1-4-7-17-19(16-12-10-14(2)11-13-16)21-22(20(17)23)18-9-6-5-8-15(18)3/h5-6,8-13,23H,4,7H2,1-3H3. The summed E-state index contributed by atoms with van der Waals surface area (Å²) < 4.78 is 1.66. The Balaban J connectivity index is 2.18. The fourth-order valence-corrected chi connectivity index (χ4v) is 2.83. The topological polar surface area (TPSA) is 38.0 Å². The maximum atomic E-state index is 10.7. The second-order valence-corrected chi connectivity index (χ2v) is 5.97. The van der Waals surface area contributed by atoms with Gasteiger partial charge in [0.2, 0.25) is 5.88 Å². The summed E-state index contributed by atoms with van der Waals surface area (Å²) in [5.41, 5.74) is 6.05. The minimum atomic E-state index is 0.247. The van der Waals surface area contributed by atoms with E-state index in [-0.39, 0.29) is 5.88 Å². The third kappa shape index (κ3) is 2.87. The monoisotopic (exact) mass is 306 g/mol. The van der Waals surface area contributed by atoms with Crippen molar-refractivity contribution >= 4 is 0 Å². The lowest BCUT2D eigenvalue weighted by molar-refractivity contribution is 0.427. The summed E-state index contributed by atoms with van der Waals surface area (Å²) >= 11 is 0. The zero-order valence-corrected chi connectivity index (χ0v) is 13.9. The molecule has 0 atom stereocenters. The van der Waals surface area contributed by atoms with Gasteiger partial charge in [-0.25, -0.2) is 4.68 Å². The minimum Gasteiger partial charge on any atom is -0.493 e. The lowest BCUT2D eigenvalue weighted by Gasteiger charge is -2.06. The van der Waals surface area contributed by atoms with Gasteiger partial charge < -0.3 is 5.11 Å². The number of hydrogen-bond acceptors (Lipinski definition) is 2. The molecule has 1 heterocycles. The number of benzene rings is 2. The van der Waals surface area contributed by atoms with Crippen molar-refractivity contribution in [3.8, 4) is 22.8 Å². The molecule has 0 aliphatic carbocycles. The van der Waals surface area contributed by atoms with Gasteiger partial charge in [-0.15, -0.1) is 0 Å². The van der Waals surface area contributed by atoms with Gasteiger partial charge >= 0.3 is 0 Å². The average Bonchev–Trinajstić information content (AvgIpc) is 2.86. The van der Waals surface area contributed by atoms with Crippen LogP contribution >= 0.6 is 0 Å². The molecule has 0 aliphatic heterocycles. The van der Waals surface area contributed by atoms with Crippen molar-refractivity contribution < 1.29 is 5.11 Å². The highest BCUT2D eigenvalue weighted by atomic mass is 16.3. The number of rotatable bonds is 4. The molecule has 118 valence electrons. The molecular formula is C20H22N2O. The number of hydrogen-bond donors (Lipinski definition) is 1. The quantitative estimate of drug-likeness (QED) is 0.751. The molecule has 0 saturated carbocycles. The first-order chi connectivity index (χ1) is 11.1. The lowest BCUT2D eigenvalue weighted by Crippen LogP contribution is -1.98. The van der Waals surface area contributed by atoms with E-state index < -0.39 is 0 Å². The zero-order chi connectivity index (χ0) is 16.4. The summed E-state index contributed by atoms with van der Waals surface area (Å²) in [5, 5.41) is 15.5. The Kier molecular flexibility index (Phi) is 4.20. The number of aryl methyl sites for hydroxylation is 2. The first-order valence-electron chi connectivity index (χ1n) is 8.05. The van der Waals surface area contributed by atoms with Gasteiger partial charge in [-0.3, -0.25) is 0 Å². The highest BCUT2D eigenvalue weighted by molar-refractivity contribution is 5.67. The summed E-state index contributed by atoms with van der Waals surface area (Å²) in [6, 6.07) is 16.3. The second-order valence-electron chi connectivity index (χ2n) is 5.97. The van der Waals surface area contributed by atoms with Crippen LogP contribution in [-0.4, -0.2) is 14.9 Å². The summed E-state index contributed by atoms with van der Waals surface area (Å²) in [5.74, 6) is 0.247. The molecule has 3 heteroatoms. The molecular weight excluding hydrogens is 284 g/mol. The van der Waals surface area contributed by atoms with Crippen LogP contribution in [-0.2, 0) is 6.42 Å². The Morgan fingerprint density at radius 2 is 1.70 bits per heavy atom. The van der Waals surface area contributed by atoms with Crippen LogP contribution in [0, 0.1) is 13.8 Å². The first-order valence-corrected chi connectivity index (χ1v) is 8.05. The zero-order valence-electron chi connectivity index (χ0n) is 13.9. The molecule has 0 bridgehead atoms. The van der Waals surface area contributed by atoms with Crippen LogP contribution in [0.4, 0.5) is 0 Å². The number of aromatic hydroxyl groups is 1. The van der Waals surface area contributed by atoms with E-state index in [1.807, 2.05) is 31.2 Å². The maximum Gasteiger partial charge on any atom is 0.218 e. The van der Waals surface area contributed by atoms with Crippen molar-refractivity contribution in [1.29, 1.82) is 0 Å². The Hall–Kier alpha value is -2.55. The molecule has 2 aromatic carbocycles. The Bertz CT molecular complexity index is 816. The average molecular weight is 306 g/mol. The fourth-order valence-electron chi connectivity index (χ4n) is 2.83. The minimum absolute atomic E-state index is 0.247. The van der Waals surface area contributed by atoms with E-state index in [9.17, 15) is 5.11 Å². The largest absolute Gasteiger partial charge is 0.493 e. The van der Waals surface area contributed by atoms with Gasteiger partial charge in [0.05, 0.1) is 11.4 Å². The van der Waals surface area contributed by atoms with E-state index in [1.165, 1.54) is 5.56 Å². The van der Waals surface area contributed by atoms with E-state index in [0.717, 1.165) is 40.9 Å². The van der Waals surface area contributed by atoms with Crippen LogP contribution in [0.3, 0.4) is 0 Å². The van der Waals surface area contributed by atoms with Crippen molar-refractivity contribution in [2.75, 3.05) is 0 Å².